The fourth-order valence-electron chi connectivity index (χ4n) is 6.62. The summed E-state index contributed by atoms with van der Waals surface area (Å²) in [4.78, 5) is 0. The molecule has 0 nitrogen and oxygen atoms in total. The molecule has 0 aromatic carbocycles. The van der Waals surface area contributed by atoms with Crippen LogP contribution in [0, 0.1) is 47.3 Å². The van der Waals surface area contributed by atoms with Crippen LogP contribution in [0.4, 0.5) is 4.39 Å². The molecule has 3 fully saturated rings. The molecule has 0 heterocycles. The molecule has 4 aliphatic rings. The highest BCUT2D eigenvalue weighted by molar-refractivity contribution is 5.28. The minimum Gasteiger partial charge on any atom is -0.216 e. The quantitative estimate of drug-likeness (QED) is 0.400. The van der Waals surface area contributed by atoms with Crippen molar-refractivity contribution in [3.63, 3.8) is 0 Å². The van der Waals surface area contributed by atoms with Gasteiger partial charge in [0.2, 0.25) is 0 Å². The predicted octanol–water partition coefficient (Wildman–Crippen LogP) is 5.66. The molecule has 22 heavy (non-hydrogen) atoms. The van der Waals surface area contributed by atoms with Gasteiger partial charge in [0.1, 0.15) is 0 Å². The van der Waals surface area contributed by atoms with E-state index in [1.54, 1.807) is 5.57 Å². The lowest BCUT2D eigenvalue weighted by atomic mass is 9.50. The second kappa shape index (κ2) is 5.26. The second-order valence-electron chi connectivity index (χ2n) is 8.31. The van der Waals surface area contributed by atoms with Crippen LogP contribution in [0.3, 0.4) is 0 Å². The second-order valence-corrected chi connectivity index (χ2v) is 8.31. The molecular formula is C21H27F. The summed E-state index contributed by atoms with van der Waals surface area (Å²) in [5.41, 5.74) is 2.87. The topological polar surface area (TPSA) is 0 Å². The van der Waals surface area contributed by atoms with Gasteiger partial charge < -0.3 is 0 Å². The van der Waals surface area contributed by atoms with E-state index in [2.05, 4.69) is 18.9 Å². The zero-order valence-corrected chi connectivity index (χ0v) is 13.7. The summed E-state index contributed by atoms with van der Waals surface area (Å²) in [6.07, 6.45) is 18.8. The van der Waals surface area contributed by atoms with Crippen molar-refractivity contribution < 1.29 is 4.39 Å². The first kappa shape index (κ1) is 14.6. The van der Waals surface area contributed by atoms with Crippen LogP contribution in [0.5, 0.6) is 0 Å². The lowest BCUT2D eigenvalue weighted by Gasteiger charge is -2.54. The molecule has 0 spiro atoms. The van der Waals surface area contributed by atoms with Gasteiger partial charge in [0.25, 0.3) is 0 Å². The van der Waals surface area contributed by atoms with Gasteiger partial charge in [-0.2, -0.15) is 0 Å². The van der Waals surface area contributed by atoms with Crippen molar-refractivity contribution in [2.24, 2.45) is 35.0 Å². The third-order valence-corrected chi connectivity index (χ3v) is 7.54. The SMILES string of the molecule is C#C[C@@H]1CC[C@H]2[C@@H]3CCC4=CCCC[C@@H]4[C@H]3C(=CF)C[C@]12C. The molecule has 0 N–H and O–H groups in total. The van der Waals surface area contributed by atoms with Crippen LogP contribution in [-0.2, 0) is 0 Å². The van der Waals surface area contributed by atoms with Gasteiger partial charge in [-0.05, 0) is 86.0 Å². The van der Waals surface area contributed by atoms with Crippen LogP contribution < -0.4 is 0 Å². The third kappa shape index (κ3) is 1.89. The Labute approximate surface area is 134 Å². The van der Waals surface area contributed by atoms with Gasteiger partial charge >= 0.3 is 0 Å². The highest BCUT2D eigenvalue weighted by atomic mass is 19.1. The molecule has 3 saturated carbocycles. The van der Waals surface area contributed by atoms with E-state index in [1.807, 2.05) is 0 Å². The molecule has 4 rings (SSSR count). The smallest absolute Gasteiger partial charge is 0.0862 e. The maximum atomic E-state index is 13.8. The summed E-state index contributed by atoms with van der Waals surface area (Å²) in [6, 6.07) is 0. The van der Waals surface area contributed by atoms with Crippen LogP contribution >= 0.6 is 0 Å². The summed E-state index contributed by atoms with van der Waals surface area (Å²) in [5, 5.41) is 0. The standard InChI is InChI=1S/C21H27F/c1-3-16-9-11-19-18-10-8-14-6-4-5-7-17(14)20(18)15(13-22)12-21(16,19)2/h1,6,13,16-20H,4-5,7-12H2,2H3/t16-,17+,18+,19+,20-,21-/m1/s1. The molecule has 1 heteroatoms. The highest BCUT2D eigenvalue weighted by Crippen LogP contribution is 2.65. The molecule has 4 aliphatic carbocycles. The third-order valence-electron chi connectivity index (χ3n) is 7.54. The Morgan fingerprint density at radius 3 is 2.95 bits per heavy atom. The van der Waals surface area contributed by atoms with E-state index >= 15 is 0 Å². The molecule has 0 aromatic rings. The van der Waals surface area contributed by atoms with Crippen LogP contribution in [-0.4, -0.2) is 0 Å². The van der Waals surface area contributed by atoms with Gasteiger partial charge in [-0.3, -0.25) is 0 Å². The lowest BCUT2D eigenvalue weighted by Crippen LogP contribution is -2.47. The van der Waals surface area contributed by atoms with E-state index < -0.39 is 0 Å². The molecule has 0 aromatic heterocycles. The van der Waals surface area contributed by atoms with E-state index in [0.29, 0.717) is 29.6 Å². The monoisotopic (exact) mass is 298 g/mol. The highest BCUT2D eigenvalue weighted by Gasteiger charge is 2.57. The molecule has 0 bridgehead atoms. The van der Waals surface area contributed by atoms with Gasteiger partial charge in [0, 0.05) is 5.92 Å². The minimum absolute atomic E-state index is 0.143. The Balaban J connectivity index is 1.74. The molecule has 0 radical (unpaired) electrons. The number of hydrogen-bond acceptors (Lipinski definition) is 0. The largest absolute Gasteiger partial charge is 0.216 e. The lowest BCUT2D eigenvalue weighted by molar-refractivity contribution is 0.0247. The number of fused-ring (bicyclic) bond motifs is 5. The van der Waals surface area contributed by atoms with Crippen LogP contribution in [0.2, 0.25) is 0 Å². The fraction of sp³-hybridized carbons (Fsp3) is 0.714. The van der Waals surface area contributed by atoms with Gasteiger partial charge in [0.05, 0.1) is 6.33 Å². The van der Waals surface area contributed by atoms with Crippen LogP contribution in [0.25, 0.3) is 0 Å². The molecule has 0 aliphatic heterocycles. The van der Waals surface area contributed by atoms with Gasteiger partial charge in [0.15, 0.2) is 0 Å². The van der Waals surface area contributed by atoms with Crippen LogP contribution in [0.15, 0.2) is 23.6 Å². The van der Waals surface area contributed by atoms with Gasteiger partial charge in [-0.1, -0.05) is 18.6 Å². The van der Waals surface area contributed by atoms with E-state index in [4.69, 9.17) is 6.42 Å². The van der Waals surface area contributed by atoms with E-state index in [-0.39, 0.29) is 5.41 Å². The summed E-state index contributed by atoms with van der Waals surface area (Å²) in [5.74, 6) is 5.86. The number of rotatable bonds is 0. The maximum absolute atomic E-state index is 13.8. The normalized spacial score (nSPS) is 48.9. The number of terminal acetylenes is 1. The first-order valence-corrected chi connectivity index (χ1v) is 9.13. The van der Waals surface area contributed by atoms with Gasteiger partial charge in [-0.15, -0.1) is 12.3 Å². The van der Waals surface area contributed by atoms with Crippen molar-refractivity contribution in [2.45, 2.75) is 58.3 Å². The fourth-order valence-corrected chi connectivity index (χ4v) is 6.62. The summed E-state index contributed by atoms with van der Waals surface area (Å²) in [6.45, 7) is 2.35. The molecule has 118 valence electrons. The zero-order chi connectivity index (χ0) is 15.3. The summed E-state index contributed by atoms with van der Waals surface area (Å²) in [7, 11) is 0. The first-order chi connectivity index (χ1) is 10.7. The molecule has 0 unspecified atom stereocenters. The average Bonchev–Trinajstić information content (AvgIpc) is 2.89. The Kier molecular flexibility index (Phi) is 3.48. The van der Waals surface area contributed by atoms with Crippen molar-refractivity contribution in [3.8, 4) is 12.3 Å². The maximum Gasteiger partial charge on any atom is 0.0862 e. The Bertz CT molecular complexity index is 563. The van der Waals surface area contributed by atoms with E-state index in [9.17, 15) is 4.39 Å². The van der Waals surface area contributed by atoms with Crippen molar-refractivity contribution in [1.29, 1.82) is 0 Å². The van der Waals surface area contributed by atoms with E-state index in [1.165, 1.54) is 38.5 Å². The number of allylic oxidation sites excluding steroid dienone is 3. The van der Waals surface area contributed by atoms with Gasteiger partial charge in [-0.25, -0.2) is 4.39 Å². The molecule has 0 amide bonds. The predicted molar refractivity (Wildman–Crippen MR) is 88.6 cm³/mol. The zero-order valence-electron chi connectivity index (χ0n) is 13.7. The van der Waals surface area contributed by atoms with Crippen molar-refractivity contribution in [1.82, 2.24) is 0 Å². The Morgan fingerprint density at radius 1 is 1.32 bits per heavy atom. The number of halogens is 1. The molecular weight excluding hydrogens is 271 g/mol. The number of hydrogen-bond donors (Lipinski definition) is 0. The Hall–Kier alpha value is -1.03. The first-order valence-electron chi connectivity index (χ1n) is 9.13. The van der Waals surface area contributed by atoms with Crippen LogP contribution in [0.1, 0.15) is 58.3 Å². The average molecular weight is 298 g/mol. The van der Waals surface area contributed by atoms with Crippen molar-refractivity contribution in [2.75, 3.05) is 0 Å². The van der Waals surface area contributed by atoms with Crippen molar-refractivity contribution >= 4 is 0 Å². The Morgan fingerprint density at radius 2 is 2.18 bits per heavy atom. The minimum atomic E-state index is 0.143. The van der Waals surface area contributed by atoms with Crippen molar-refractivity contribution in [3.05, 3.63) is 23.6 Å². The molecule has 6 atom stereocenters. The summed E-state index contributed by atoms with van der Waals surface area (Å²) >= 11 is 0. The molecule has 0 saturated heterocycles. The summed E-state index contributed by atoms with van der Waals surface area (Å²) < 4.78 is 13.8. The van der Waals surface area contributed by atoms with E-state index in [0.717, 1.165) is 24.7 Å².